The highest BCUT2D eigenvalue weighted by molar-refractivity contribution is 9.10. The number of hydrogen-bond donors (Lipinski definition) is 1. The minimum atomic E-state index is -0.538. The summed E-state index contributed by atoms with van der Waals surface area (Å²) < 4.78 is 0.950. The van der Waals surface area contributed by atoms with Gasteiger partial charge in [0.2, 0.25) is 6.08 Å². The van der Waals surface area contributed by atoms with E-state index in [2.05, 4.69) is 20.9 Å². The van der Waals surface area contributed by atoms with Crippen LogP contribution < -0.4 is 0 Å². The smallest absolute Gasteiger partial charge is 0.235 e. The van der Waals surface area contributed by atoms with Crippen LogP contribution in [0.25, 0.3) is 0 Å². The molecular formula is C14H16BrNO2. The van der Waals surface area contributed by atoms with Gasteiger partial charge in [-0.25, -0.2) is 4.79 Å². The number of benzene rings is 1. The van der Waals surface area contributed by atoms with Crippen molar-refractivity contribution in [2.75, 3.05) is 0 Å². The molecule has 4 heteroatoms. The monoisotopic (exact) mass is 309 g/mol. The number of aliphatic imine (C=N–C) groups is 1. The van der Waals surface area contributed by atoms with Crippen LogP contribution in [0.5, 0.6) is 5.75 Å². The lowest BCUT2D eigenvalue weighted by molar-refractivity contribution is 0.448. The topological polar surface area (TPSA) is 49.7 Å². The molecule has 0 atom stereocenters. The summed E-state index contributed by atoms with van der Waals surface area (Å²) in [6.07, 6.45) is 3.23. The Morgan fingerprint density at radius 2 is 2.11 bits per heavy atom. The molecule has 0 saturated heterocycles. The van der Waals surface area contributed by atoms with E-state index in [9.17, 15) is 9.90 Å². The first kappa shape index (κ1) is 13.3. The highest BCUT2D eigenvalue weighted by Gasteiger charge is 2.48. The summed E-state index contributed by atoms with van der Waals surface area (Å²) >= 11 is 3.52. The molecule has 2 rings (SSSR count). The third-order valence-electron chi connectivity index (χ3n) is 3.60. The van der Waals surface area contributed by atoms with E-state index in [1.165, 1.54) is 0 Å². The van der Waals surface area contributed by atoms with Gasteiger partial charge in [0.05, 0.1) is 0 Å². The molecule has 1 aromatic rings. The van der Waals surface area contributed by atoms with Crippen molar-refractivity contribution < 1.29 is 9.90 Å². The Kier molecular flexibility index (Phi) is 3.35. The molecule has 0 aliphatic heterocycles. The zero-order chi connectivity index (χ0) is 13.5. The summed E-state index contributed by atoms with van der Waals surface area (Å²) in [7, 11) is 0. The van der Waals surface area contributed by atoms with E-state index >= 15 is 0 Å². The summed E-state index contributed by atoms with van der Waals surface area (Å²) in [5, 5.41) is 10.5. The Labute approximate surface area is 115 Å². The molecule has 1 aliphatic rings. The molecule has 1 fully saturated rings. The average molecular weight is 310 g/mol. The van der Waals surface area contributed by atoms with Gasteiger partial charge in [-0.15, -0.1) is 0 Å². The SMILES string of the molecule is Cc1c(Br)cc(C(C)C)c(O)c1C1(N=C=O)CC1. The number of isocyanates is 1. The first-order valence-electron chi connectivity index (χ1n) is 6.04. The van der Waals surface area contributed by atoms with E-state index < -0.39 is 5.54 Å². The fraction of sp³-hybridized carbons (Fsp3) is 0.500. The molecule has 96 valence electrons. The van der Waals surface area contributed by atoms with Crippen LogP contribution in [0.3, 0.4) is 0 Å². The maximum absolute atomic E-state index is 10.6. The van der Waals surface area contributed by atoms with Crippen LogP contribution in [0.1, 0.15) is 49.3 Å². The van der Waals surface area contributed by atoms with E-state index in [1.54, 1.807) is 6.08 Å². The van der Waals surface area contributed by atoms with Gasteiger partial charge in [0.15, 0.2) is 0 Å². The molecule has 1 saturated carbocycles. The molecule has 18 heavy (non-hydrogen) atoms. The Morgan fingerprint density at radius 3 is 2.56 bits per heavy atom. The molecule has 0 amide bonds. The third-order valence-corrected chi connectivity index (χ3v) is 4.42. The predicted octanol–water partition coefficient (Wildman–Crippen LogP) is 3.91. The maximum atomic E-state index is 10.6. The van der Waals surface area contributed by atoms with E-state index in [4.69, 9.17) is 0 Å². The van der Waals surface area contributed by atoms with Crippen molar-refractivity contribution in [3.8, 4) is 5.75 Å². The van der Waals surface area contributed by atoms with Crippen LogP contribution in [-0.4, -0.2) is 11.2 Å². The second kappa shape index (κ2) is 4.52. The van der Waals surface area contributed by atoms with Crippen molar-refractivity contribution in [3.63, 3.8) is 0 Å². The number of hydrogen-bond acceptors (Lipinski definition) is 3. The van der Waals surface area contributed by atoms with E-state index in [0.717, 1.165) is 34.0 Å². The molecule has 1 aliphatic carbocycles. The van der Waals surface area contributed by atoms with Gasteiger partial charge in [0.1, 0.15) is 11.3 Å². The Morgan fingerprint density at radius 1 is 1.50 bits per heavy atom. The Balaban J connectivity index is 2.70. The van der Waals surface area contributed by atoms with E-state index in [1.807, 2.05) is 26.8 Å². The van der Waals surface area contributed by atoms with Gasteiger partial charge in [-0.1, -0.05) is 29.8 Å². The van der Waals surface area contributed by atoms with Gasteiger partial charge >= 0.3 is 0 Å². The number of aromatic hydroxyl groups is 1. The van der Waals surface area contributed by atoms with Crippen LogP contribution in [0.2, 0.25) is 0 Å². The molecular weight excluding hydrogens is 294 g/mol. The third kappa shape index (κ3) is 2.00. The van der Waals surface area contributed by atoms with E-state index in [-0.39, 0.29) is 11.7 Å². The largest absolute Gasteiger partial charge is 0.507 e. The lowest BCUT2D eigenvalue weighted by atomic mass is 9.91. The molecule has 0 unspecified atom stereocenters. The number of halogens is 1. The number of phenolic OH excluding ortho intramolecular Hbond substituents is 1. The van der Waals surface area contributed by atoms with Crippen LogP contribution in [0, 0.1) is 6.92 Å². The molecule has 0 spiro atoms. The van der Waals surface area contributed by atoms with Crippen molar-refractivity contribution in [2.45, 2.75) is 45.1 Å². The van der Waals surface area contributed by atoms with E-state index in [0.29, 0.717) is 0 Å². The number of phenols is 1. The number of rotatable bonds is 3. The fourth-order valence-corrected chi connectivity index (χ4v) is 2.83. The predicted molar refractivity (Wildman–Crippen MR) is 73.7 cm³/mol. The number of carbonyl (C=O) groups excluding carboxylic acids is 1. The normalized spacial score (nSPS) is 16.5. The zero-order valence-electron chi connectivity index (χ0n) is 10.7. The first-order chi connectivity index (χ1) is 8.43. The fourth-order valence-electron chi connectivity index (χ4n) is 2.39. The summed E-state index contributed by atoms with van der Waals surface area (Å²) in [6.45, 7) is 6.00. The molecule has 0 heterocycles. The van der Waals surface area contributed by atoms with Gasteiger partial charge < -0.3 is 5.11 Å². The molecule has 0 bridgehead atoms. The average Bonchev–Trinajstić information content (AvgIpc) is 3.04. The van der Waals surface area contributed by atoms with Crippen molar-refractivity contribution in [1.29, 1.82) is 0 Å². The van der Waals surface area contributed by atoms with Crippen LogP contribution >= 0.6 is 15.9 Å². The maximum Gasteiger partial charge on any atom is 0.235 e. The molecule has 0 aromatic heterocycles. The van der Waals surface area contributed by atoms with Gasteiger partial charge in [0, 0.05) is 10.0 Å². The lowest BCUT2D eigenvalue weighted by Crippen LogP contribution is -2.08. The van der Waals surface area contributed by atoms with Crippen LogP contribution in [0.15, 0.2) is 15.5 Å². The lowest BCUT2D eigenvalue weighted by Gasteiger charge is -2.20. The summed E-state index contributed by atoms with van der Waals surface area (Å²) in [6, 6.07) is 1.94. The van der Waals surface area contributed by atoms with Crippen LogP contribution in [0.4, 0.5) is 0 Å². The second-order valence-corrected chi connectivity index (χ2v) is 6.04. The highest BCUT2D eigenvalue weighted by Crippen LogP contribution is 2.55. The van der Waals surface area contributed by atoms with Gasteiger partial charge in [-0.2, -0.15) is 4.99 Å². The number of nitrogens with zero attached hydrogens (tertiary/aromatic N) is 1. The first-order valence-corrected chi connectivity index (χ1v) is 6.83. The van der Waals surface area contributed by atoms with Gasteiger partial charge in [-0.05, 0) is 42.9 Å². The van der Waals surface area contributed by atoms with Crippen molar-refractivity contribution >= 4 is 22.0 Å². The Bertz CT molecular complexity index is 541. The summed E-state index contributed by atoms with van der Waals surface area (Å²) in [5.74, 6) is 0.499. The minimum Gasteiger partial charge on any atom is -0.507 e. The summed E-state index contributed by atoms with van der Waals surface area (Å²) in [4.78, 5) is 14.5. The molecule has 0 radical (unpaired) electrons. The van der Waals surface area contributed by atoms with Crippen molar-refractivity contribution in [1.82, 2.24) is 0 Å². The quantitative estimate of drug-likeness (QED) is 0.679. The summed E-state index contributed by atoms with van der Waals surface area (Å²) in [5.41, 5.74) is 2.08. The zero-order valence-corrected chi connectivity index (χ0v) is 12.3. The molecule has 1 aromatic carbocycles. The van der Waals surface area contributed by atoms with Gasteiger partial charge in [0.25, 0.3) is 0 Å². The van der Waals surface area contributed by atoms with Gasteiger partial charge in [-0.3, -0.25) is 0 Å². The van der Waals surface area contributed by atoms with Crippen molar-refractivity contribution in [3.05, 3.63) is 27.2 Å². The van der Waals surface area contributed by atoms with Crippen molar-refractivity contribution in [2.24, 2.45) is 4.99 Å². The minimum absolute atomic E-state index is 0.219. The molecule has 1 N–H and O–H groups in total. The Hall–Kier alpha value is -1.12. The molecule has 3 nitrogen and oxygen atoms in total. The second-order valence-electron chi connectivity index (χ2n) is 5.19. The van der Waals surface area contributed by atoms with Crippen LogP contribution in [-0.2, 0) is 10.3 Å². The standard InChI is InChI=1S/C14H16BrNO2/c1-8(2)10-6-11(15)9(3)12(13(10)18)14(4-5-14)16-7-17/h6,8,18H,4-5H2,1-3H3. The highest BCUT2D eigenvalue weighted by atomic mass is 79.9.